The highest BCUT2D eigenvalue weighted by molar-refractivity contribution is 6.15. The molecule has 152 valence electrons. The van der Waals surface area contributed by atoms with Crippen molar-refractivity contribution in [3.63, 3.8) is 0 Å². The topological polar surface area (TPSA) is 102 Å². The molecule has 0 fully saturated rings. The minimum Gasteiger partial charge on any atom is -0.454 e. The van der Waals surface area contributed by atoms with Crippen LogP contribution in [-0.4, -0.2) is 16.8 Å². The quantitative estimate of drug-likeness (QED) is 0.675. The van der Waals surface area contributed by atoms with Gasteiger partial charge in [-0.15, -0.1) is 0 Å². The molecule has 1 heterocycles. The number of amides is 1. The molecule has 0 saturated heterocycles. The van der Waals surface area contributed by atoms with E-state index in [1.54, 1.807) is 24.3 Å². The summed E-state index contributed by atoms with van der Waals surface area (Å²) in [6.45, 7) is 6.09. The summed E-state index contributed by atoms with van der Waals surface area (Å²) in [5.41, 5.74) is 6.52. The van der Waals surface area contributed by atoms with Gasteiger partial charge in [-0.3, -0.25) is 9.59 Å². The van der Waals surface area contributed by atoms with Crippen LogP contribution >= 0.6 is 0 Å². The number of nitrogens with one attached hydrogen (secondary N) is 1. The van der Waals surface area contributed by atoms with E-state index < -0.39 is 17.1 Å². The first-order valence-electron chi connectivity index (χ1n) is 10.1. The molecule has 4 N–H and O–H groups in total. The summed E-state index contributed by atoms with van der Waals surface area (Å²) in [7, 11) is 0. The molecule has 1 aliphatic heterocycles. The van der Waals surface area contributed by atoms with E-state index in [1.807, 2.05) is 19.1 Å². The Bertz CT molecular complexity index is 1020. The summed E-state index contributed by atoms with van der Waals surface area (Å²) >= 11 is 0. The first-order chi connectivity index (χ1) is 13.8. The molecule has 2 aromatic carbocycles. The number of unbranched alkanes of at least 4 members (excludes halogenated alkanes) is 1. The highest BCUT2D eigenvalue weighted by atomic mass is 16.6. The SMILES string of the molecule is CCCCC(=O)NC12C(=O)c3c(N)cccc3C1(O)Oc1cc(C(C)C)ccc12. The number of rotatable bonds is 5. The van der Waals surface area contributed by atoms with Crippen molar-refractivity contribution in [1.29, 1.82) is 0 Å². The van der Waals surface area contributed by atoms with E-state index in [-0.39, 0.29) is 35.1 Å². The normalized spacial score (nSPS) is 24.1. The van der Waals surface area contributed by atoms with Crippen LogP contribution in [0.1, 0.15) is 73.0 Å². The predicted octanol–water partition coefficient (Wildman–Crippen LogP) is 3.33. The van der Waals surface area contributed by atoms with Crippen LogP contribution < -0.4 is 15.8 Å². The Labute approximate surface area is 170 Å². The predicted molar refractivity (Wildman–Crippen MR) is 110 cm³/mol. The zero-order chi connectivity index (χ0) is 21.0. The standard InChI is InChI=1S/C23H26N2O4/c1-4-5-9-19(26)25-22-15-11-10-14(13(2)3)12-18(15)29-23(22,28)16-7-6-8-17(24)20(16)21(22)27/h6-8,10-13,28H,4-5,9,24H2,1-3H3,(H,25,26). The average Bonchev–Trinajstić information content (AvgIpc) is 3.04. The van der Waals surface area contributed by atoms with E-state index in [0.717, 1.165) is 12.0 Å². The number of ether oxygens (including phenoxy) is 1. The fraction of sp³-hybridized carbons (Fsp3) is 0.391. The largest absolute Gasteiger partial charge is 0.454 e. The van der Waals surface area contributed by atoms with Gasteiger partial charge in [-0.05, 0) is 30.0 Å². The van der Waals surface area contributed by atoms with Crippen molar-refractivity contribution in [2.75, 3.05) is 5.73 Å². The summed E-state index contributed by atoms with van der Waals surface area (Å²) in [5.74, 6) is -2.17. The number of Topliss-reactive ketones (excluding diaryl/α,β-unsaturated/α-hetero) is 1. The van der Waals surface area contributed by atoms with Gasteiger partial charge in [0.1, 0.15) is 5.75 Å². The average molecular weight is 394 g/mol. The number of hydrogen-bond acceptors (Lipinski definition) is 5. The Balaban J connectivity index is 1.92. The van der Waals surface area contributed by atoms with Crippen LogP contribution in [0, 0.1) is 0 Å². The van der Waals surface area contributed by atoms with Crippen LogP contribution in [0.5, 0.6) is 5.75 Å². The molecule has 6 heteroatoms. The molecule has 0 spiro atoms. The molecule has 4 rings (SSSR count). The third-order valence-corrected chi connectivity index (χ3v) is 5.96. The van der Waals surface area contributed by atoms with Crippen LogP contribution in [0.15, 0.2) is 36.4 Å². The van der Waals surface area contributed by atoms with Crippen molar-refractivity contribution < 1.29 is 19.4 Å². The van der Waals surface area contributed by atoms with Gasteiger partial charge in [0.05, 0.1) is 5.56 Å². The first-order valence-corrected chi connectivity index (χ1v) is 10.1. The fourth-order valence-corrected chi connectivity index (χ4v) is 4.35. The number of fused-ring (bicyclic) bond motifs is 5. The molecule has 2 aromatic rings. The molecule has 0 saturated carbocycles. The number of ketones is 1. The van der Waals surface area contributed by atoms with Crippen LogP contribution in [0.2, 0.25) is 0 Å². The van der Waals surface area contributed by atoms with Gasteiger partial charge >= 0.3 is 0 Å². The number of hydrogen-bond donors (Lipinski definition) is 3. The lowest BCUT2D eigenvalue weighted by molar-refractivity contribution is -0.175. The molecule has 0 bridgehead atoms. The molecular weight excluding hydrogens is 368 g/mol. The van der Waals surface area contributed by atoms with Crippen LogP contribution in [0.3, 0.4) is 0 Å². The monoisotopic (exact) mass is 394 g/mol. The Kier molecular flexibility index (Phi) is 4.42. The molecule has 1 amide bonds. The van der Waals surface area contributed by atoms with E-state index in [0.29, 0.717) is 17.7 Å². The Hall–Kier alpha value is -2.86. The lowest BCUT2D eigenvalue weighted by atomic mass is 9.82. The lowest BCUT2D eigenvalue weighted by Gasteiger charge is -2.34. The molecule has 2 aliphatic rings. The van der Waals surface area contributed by atoms with Crippen molar-refractivity contribution in [1.82, 2.24) is 5.32 Å². The number of aliphatic hydroxyl groups is 1. The summed E-state index contributed by atoms with van der Waals surface area (Å²) in [6, 6.07) is 10.4. The maximum Gasteiger partial charge on any atom is 0.271 e. The lowest BCUT2D eigenvalue weighted by Crippen LogP contribution is -2.60. The van der Waals surface area contributed by atoms with E-state index >= 15 is 0 Å². The minimum atomic E-state index is -2.05. The number of nitrogen functional groups attached to an aromatic ring is 1. The summed E-state index contributed by atoms with van der Waals surface area (Å²) < 4.78 is 6.03. The molecule has 0 aromatic heterocycles. The third-order valence-electron chi connectivity index (χ3n) is 5.96. The summed E-state index contributed by atoms with van der Waals surface area (Å²) in [5, 5.41) is 14.6. The van der Waals surface area contributed by atoms with Crippen molar-refractivity contribution in [2.24, 2.45) is 0 Å². The number of nitrogens with two attached hydrogens (primary N) is 1. The second-order valence-corrected chi connectivity index (χ2v) is 8.16. The number of anilines is 1. The fourth-order valence-electron chi connectivity index (χ4n) is 4.35. The third kappa shape index (κ3) is 2.52. The van der Waals surface area contributed by atoms with Crippen LogP contribution in [-0.2, 0) is 16.1 Å². The Morgan fingerprint density at radius 1 is 1.24 bits per heavy atom. The maximum absolute atomic E-state index is 13.7. The van der Waals surface area contributed by atoms with Crippen LogP contribution in [0.4, 0.5) is 5.69 Å². The molecule has 0 radical (unpaired) electrons. The molecule has 2 unspecified atom stereocenters. The Morgan fingerprint density at radius 3 is 2.69 bits per heavy atom. The van der Waals surface area contributed by atoms with E-state index in [4.69, 9.17) is 10.5 Å². The second kappa shape index (κ2) is 6.59. The smallest absolute Gasteiger partial charge is 0.271 e. The molecule has 6 nitrogen and oxygen atoms in total. The molecule has 2 atom stereocenters. The number of carbonyl (C=O) groups excluding carboxylic acids is 2. The van der Waals surface area contributed by atoms with Crippen molar-refractivity contribution in [2.45, 2.75) is 57.3 Å². The Morgan fingerprint density at radius 2 is 2.00 bits per heavy atom. The molecule has 1 aliphatic carbocycles. The van der Waals surface area contributed by atoms with Gasteiger partial charge in [0.25, 0.3) is 5.79 Å². The highest BCUT2D eigenvalue weighted by Gasteiger charge is 2.72. The summed E-state index contributed by atoms with van der Waals surface area (Å²) in [6.07, 6.45) is 1.78. The van der Waals surface area contributed by atoms with Gasteiger partial charge in [-0.2, -0.15) is 0 Å². The van der Waals surface area contributed by atoms with Crippen molar-refractivity contribution >= 4 is 17.4 Å². The van der Waals surface area contributed by atoms with Crippen molar-refractivity contribution in [3.05, 3.63) is 58.7 Å². The van der Waals surface area contributed by atoms with E-state index in [9.17, 15) is 14.7 Å². The van der Waals surface area contributed by atoms with Crippen LogP contribution in [0.25, 0.3) is 0 Å². The van der Waals surface area contributed by atoms with Gasteiger partial charge in [-0.1, -0.05) is 51.5 Å². The minimum absolute atomic E-state index is 0.198. The zero-order valence-corrected chi connectivity index (χ0v) is 16.9. The molecule has 29 heavy (non-hydrogen) atoms. The maximum atomic E-state index is 13.7. The molecular formula is C23H26N2O4. The van der Waals surface area contributed by atoms with Crippen molar-refractivity contribution in [3.8, 4) is 5.75 Å². The number of benzene rings is 2. The van der Waals surface area contributed by atoms with Gasteiger partial charge in [-0.25, -0.2) is 0 Å². The summed E-state index contributed by atoms with van der Waals surface area (Å²) in [4.78, 5) is 26.4. The highest BCUT2D eigenvalue weighted by Crippen LogP contribution is 2.59. The van der Waals surface area contributed by atoms with Gasteiger partial charge in [0.15, 0.2) is 0 Å². The second-order valence-electron chi connectivity index (χ2n) is 8.16. The van der Waals surface area contributed by atoms with E-state index in [2.05, 4.69) is 19.2 Å². The van der Waals surface area contributed by atoms with E-state index in [1.165, 1.54) is 0 Å². The van der Waals surface area contributed by atoms with Gasteiger partial charge in [0.2, 0.25) is 17.2 Å². The first kappa shape index (κ1) is 19.5. The number of carbonyl (C=O) groups is 2. The zero-order valence-electron chi connectivity index (χ0n) is 16.9. The van der Waals surface area contributed by atoms with Gasteiger partial charge < -0.3 is 20.9 Å². The van der Waals surface area contributed by atoms with Gasteiger partial charge in [0, 0.05) is 23.2 Å².